The Morgan fingerprint density at radius 3 is 2.25 bits per heavy atom. The molecule has 0 atom stereocenters. The largest absolute Gasteiger partial charge is 0.480 e. The van der Waals surface area contributed by atoms with E-state index in [0.717, 1.165) is 19.3 Å². The van der Waals surface area contributed by atoms with Crippen molar-refractivity contribution in [3.8, 4) is 0 Å². The normalized spacial score (nSPS) is 23.3. The standard InChI is InChI=1S/C18H24N2O4/c1-3-12-7-9-18(10-8-12,17(23)24)20-16(22)14-6-4-5-13(11-14)15(21)19-2/h4-6,11-12H,3,7-10H2,1-2H3,(H,19,21)(H,20,22)(H,23,24). The van der Waals surface area contributed by atoms with Crippen LogP contribution < -0.4 is 10.6 Å². The molecule has 0 bridgehead atoms. The topological polar surface area (TPSA) is 95.5 Å². The minimum atomic E-state index is -1.22. The lowest BCUT2D eigenvalue weighted by Crippen LogP contribution is -2.56. The molecule has 1 fully saturated rings. The molecule has 1 saturated carbocycles. The van der Waals surface area contributed by atoms with E-state index in [0.29, 0.717) is 24.3 Å². The number of carbonyl (C=O) groups is 3. The number of hydrogen-bond donors (Lipinski definition) is 3. The van der Waals surface area contributed by atoms with Crippen molar-refractivity contribution in [2.75, 3.05) is 7.05 Å². The fraction of sp³-hybridized carbons (Fsp3) is 0.500. The summed E-state index contributed by atoms with van der Waals surface area (Å²) >= 11 is 0. The fourth-order valence-electron chi connectivity index (χ4n) is 3.21. The maximum absolute atomic E-state index is 12.5. The Morgan fingerprint density at radius 1 is 1.17 bits per heavy atom. The van der Waals surface area contributed by atoms with Crippen LogP contribution in [0.25, 0.3) is 0 Å². The molecule has 0 radical (unpaired) electrons. The van der Waals surface area contributed by atoms with Crippen molar-refractivity contribution in [3.05, 3.63) is 35.4 Å². The van der Waals surface area contributed by atoms with Gasteiger partial charge in [0.1, 0.15) is 5.54 Å². The molecule has 1 aliphatic carbocycles. The monoisotopic (exact) mass is 332 g/mol. The molecule has 1 aromatic carbocycles. The van der Waals surface area contributed by atoms with Gasteiger partial charge >= 0.3 is 5.97 Å². The van der Waals surface area contributed by atoms with Crippen LogP contribution >= 0.6 is 0 Å². The lowest BCUT2D eigenvalue weighted by molar-refractivity contribution is -0.146. The van der Waals surface area contributed by atoms with Gasteiger partial charge in [0.05, 0.1) is 0 Å². The van der Waals surface area contributed by atoms with E-state index < -0.39 is 17.4 Å². The summed E-state index contributed by atoms with van der Waals surface area (Å²) in [7, 11) is 1.51. The van der Waals surface area contributed by atoms with E-state index in [4.69, 9.17) is 0 Å². The van der Waals surface area contributed by atoms with Gasteiger partial charge in [0.25, 0.3) is 11.8 Å². The summed E-state index contributed by atoms with van der Waals surface area (Å²) in [5, 5.41) is 14.9. The van der Waals surface area contributed by atoms with Crippen molar-refractivity contribution in [2.45, 2.75) is 44.6 Å². The van der Waals surface area contributed by atoms with E-state index >= 15 is 0 Å². The number of nitrogens with one attached hydrogen (secondary N) is 2. The van der Waals surface area contributed by atoms with E-state index in [2.05, 4.69) is 17.6 Å². The van der Waals surface area contributed by atoms with Gasteiger partial charge in [-0.3, -0.25) is 9.59 Å². The minimum Gasteiger partial charge on any atom is -0.480 e. The molecule has 0 spiro atoms. The summed E-state index contributed by atoms with van der Waals surface area (Å²) in [5.74, 6) is -1.22. The number of carboxylic acid groups (broad SMARTS) is 1. The molecular weight excluding hydrogens is 308 g/mol. The second-order valence-electron chi connectivity index (χ2n) is 6.35. The van der Waals surface area contributed by atoms with E-state index in [9.17, 15) is 19.5 Å². The van der Waals surface area contributed by atoms with Crippen molar-refractivity contribution >= 4 is 17.8 Å². The molecule has 0 saturated heterocycles. The van der Waals surface area contributed by atoms with Crippen LogP contribution in [-0.4, -0.2) is 35.5 Å². The number of aliphatic carboxylic acids is 1. The van der Waals surface area contributed by atoms with Gasteiger partial charge in [-0.1, -0.05) is 19.4 Å². The third-order valence-corrected chi connectivity index (χ3v) is 4.91. The first-order valence-corrected chi connectivity index (χ1v) is 8.30. The van der Waals surface area contributed by atoms with E-state index in [1.54, 1.807) is 18.2 Å². The van der Waals surface area contributed by atoms with Crippen LogP contribution in [-0.2, 0) is 4.79 Å². The van der Waals surface area contributed by atoms with Gasteiger partial charge in [0.15, 0.2) is 0 Å². The van der Waals surface area contributed by atoms with Gasteiger partial charge in [0, 0.05) is 18.2 Å². The Hall–Kier alpha value is -2.37. The van der Waals surface area contributed by atoms with Gasteiger partial charge in [-0.05, 0) is 49.8 Å². The molecule has 2 amide bonds. The Balaban J connectivity index is 2.17. The second kappa shape index (κ2) is 7.47. The highest BCUT2D eigenvalue weighted by atomic mass is 16.4. The molecule has 6 heteroatoms. The number of hydrogen-bond acceptors (Lipinski definition) is 3. The van der Waals surface area contributed by atoms with Crippen LogP contribution in [0.4, 0.5) is 0 Å². The first kappa shape index (κ1) is 18.0. The van der Waals surface area contributed by atoms with Crippen molar-refractivity contribution in [2.24, 2.45) is 5.92 Å². The maximum Gasteiger partial charge on any atom is 0.329 e. The van der Waals surface area contributed by atoms with Crippen LogP contribution in [0.1, 0.15) is 59.7 Å². The predicted octanol–water partition coefficient (Wildman–Crippen LogP) is 2.20. The zero-order valence-corrected chi connectivity index (χ0v) is 14.1. The Labute approximate surface area is 141 Å². The van der Waals surface area contributed by atoms with Gasteiger partial charge in [-0.25, -0.2) is 4.79 Å². The number of rotatable bonds is 5. The van der Waals surface area contributed by atoms with Crippen LogP contribution in [0.3, 0.4) is 0 Å². The molecule has 1 aliphatic rings. The number of benzene rings is 1. The highest BCUT2D eigenvalue weighted by molar-refractivity contribution is 6.01. The average molecular weight is 332 g/mol. The molecule has 24 heavy (non-hydrogen) atoms. The van der Waals surface area contributed by atoms with Crippen molar-refractivity contribution < 1.29 is 19.5 Å². The number of carboxylic acids is 1. The molecule has 130 valence electrons. The lowest BCUT2D eigenvalue weighted by Gasteiger charge is -2.37. The van der Waals surface area contributed by atoms with E-state index in [1.807, 2.05) is 0 Å². The average Bonchev–Trinajstić information content (AvgIpc) is 2.61. The van der Waals surface area contributed by atoms with Crippen LogP contribution in [0.5, 0.6) is 0 Å². The molecule has 0 heterocycles. The van der Waals surface area contributed by atoms with Crippen LogP contribution in [0.15, 0.2) is 24.3 Å². The zero-order chi connectivity index (χ0) is 17.7. The van der Waals surface area contributed by atoms with Gasteiger partial charge < -0.3 is 15.7 Å². The first-order chi connectivity index (χ1) is 11.4. The molecular formula is C18H24N2O4. The Morgan fingerprint density at radius 2 is 1.75 bits per heavy atom. The molecule has 3 N–H and O–H groups in total. The summed E-state index contributed by atoms with van der Waals surface area (Å²) in [5.41, 5.74) is -0.565. The van der Waals surface area contributed by atoms with Gasteiger partial charge in [-0.2, -0.15) is 0 Å². The molecule has 0 aromatic heterocycles. The zero-order valence-electron chi connectivity index (χ0n) is 14.1. The minimum absolute atomic E-state index is 0.286. The molecule has 6 nitrogen and oxygen atoms in total. The molecule has 0 unspecified atom stereocenters. The third-order valence-electron chi connectivity index (χ3n) is 4.91. The van der Waals surface area contributed by atoms with Gasteiger partial charge in [-0.15, -0.1) is 0 Å². The summed E-state index contributed by atoms with van der Waals surface area (Å²) in [6.07, 6.45) is 3.48. The van der Waals surface area contributed by atoms with Crippen molar-refractivity contribution in [3.63, 3.8) is 0 Å². The highest BCUT2D eigenvalue weighted by Gasteiger charge is 2.43. The lowest BCUT2D eigenvalue weighted by atomic mass is 9.75. The molecule has 1 aromatic rings. The second-order valence-corrected chi connectivity index (χ2v) is 6.35. The highest BCUT2D eigenvalue weighted by Crippen LogP contribution is 2.34. The summed E-state index contributed by atoms with van der Waals surface area (Å²) in [6.45, 7) is 2.10. The number of carbonyl (C=O) groups excluding carboxylic acids is 2. The predicted molar refractivity (Wildman–Crippen MR) is 89.9 cm³/mol. The smallest absolute Gasteiger partial charge is 0.329 e. The van der Waals surface area contributed by atoms with Crippen LogP contribution in [0, 0.1) is 5.92 Å². The first-order valence-electron chi connectivity index (χ1n) is 8.30. The van der Waals surface area contributed by atoms with Crippen molar-refractivity contribution in [1.82, 2.24) is 10.6 Å². The summed E-state index contributed by atoms with van der Waals surface area (Å²) in [6, 6.07) is 6.27. The van der Waals surface area contributed by atoms with Gasteiger partial charge in [0.2, 0.25) is 0 Å². The fourth-order valence-corrected chi connectivity index (χ4v) is 3.21. The van der Waals surface area contributed by atoms with E-state index in [-0.39, 0.29) is 11.5 Å². The summed E-state index contributed by atoms with van der Waals surface area (Å²) < 4.78 is 0. The molecule has 0 aliphatic heterocycles. The summed E-state index contributed by atoms with van der Waals surface area (Å²) in [4.78, 5) is 36.0. The van der Waals surface area contributed by atoms with Crippen molar-refractivity contribution in [1.29, 1.82) is 0 Å². The Kier molecular flexibility index (Phi) is 5.59. The third kappa shape index (κ3) is 3.75. The maximum atomic E-state index is 12.5. The quantitative estimate of drug-likeness (QED) is 0.770. The molecule has 2 rings (SSSR count). The Bertz CT molecular complexity index is 634. The SMILES string of the molecule is CCC1CCC(NC(=O)c2cccc(C(=O)NC)c2)(C(=O)O)CC1. The van der Waals surface area contributed by atoms with E-state index in [1.165, 1.54) is 13.1 Å². The van der Waals surface area contributed by atoms with Crippen LogP contribution in [0.2, 0.25) is 0 Å². The number of amides is 2.